The molecular formula is C13H25BrO2. The number of hydrogen-bond donors (Lipinski definition) is 0. The van der Waals surface area contributed by atoms with Gasteiger partial charge in [-0.1, -0.05) is 22.9 Å². The van der Waals surface area contributed by atoms with E-state index in [1.54, 1.807) is 0 Å². The summed E-state index contributed by atoms with van der Waals surface area (Å²) in [5.74, 6) is 0.758. The summed E-state index contributed by atoms with van der Waals surface area (Å²) in [7, 11) is 0. The zero-order chi connectivity index (χ0) is 12.0. The van der Waals surface area contributed by atoms with E-state index in [-0.39, 0.29) is 0 Å². The summed E-state index contributed by atoms with van der Waals surface area (Å²) in [6.45, 7) is 7.47. The molecule has 96 valence electrons. The molecule has 1 fully saturated rings. The Morgan fingerprint density at radius 2 is 1.88 bits per heavy atom. The molecule has 0 radical (unpaired) electrons. The molecule has 0 spiro atoms. The van der Waals surface area contributed by atoms with Crippen LogP contribution in [0, 0.1) is 5.92 Å². The van der Waals surface area contributed by atoms with E-state index in [1.165, 1.54) is 12.8 Å². The summed E-state index contributed by atoms with van der Waals surface area (Å²) in [5, 5.41) is 1.10. The van der Waals surface area contributed by atoms with Crippen LogP contribution in [0.4, 0.5) is 0 Å². The maximum absolute atomic E-state index is 5.95. The average Bonchev–Trinajstić information content (AvgIpc) is 2.16. The van der Waals surface area contributed by atoms with Crippen LogP contribution in [0.3, 0.4) is 0 Å². The SMILES string of the molecule is CC(CCBr)CCOC1CC(C)OC(C)C1. The second-order valence-corrected chi connectivity index (χ2v) is 5.89. The lowest BCUT2D eigenvalue weighted by Crippen LogP contribution is -2.34. The Bertz CT molecular complexity index is 177. The molecule has 1 saturated heterocycles. The molecule has 1 heterocycles. The monoisotopic (exact) mass is 292 g/mol. The van der Waals surface area contributed by atoms with Gasteiger partial charge in [0.2, 0.25) is 0 Å². The fraction of sp³-hybridized carbons (Fsp3) is 1.00. The van der Waals surface area contributed by atoms with Crippen molar-refractivity contribution in [1.29, 1.82) is 0 Å². The van der Waals surface area contributed by atoms with Crippen LogP contribution in [-0.4, -0.2) is 30.2 Å². The molecular weight excluding hydrogens is 268 g/mol. The van der Waals surface area contributed by atoms with Crippen molar-refractivity contribution >= 4 is 15.9 Å². The Hall–Kier alpha value is 0.400. The van der Waals surface area contributed by atoms with Crippen LogP contribution < -0.4 is 0 Å². The fourth-order valence-corrected chi connectivity index (χ4v) is 3.03. The Morgan fingerprint density at radius 3 is 2.44 bits per heavy atom. The summed E-state index contributed by atoms with van der Waals surface area (Å²) in [4.78, 5) is 0. The summed E-state index contributed by atoms with van der Waals surface area (Å²) >= 11 is 3.48. The zero-order valence-electron chi connectivity index (χ0n) is 10.7. The lowest BCUT2D eigenvalue weighted by atomic mass is 10.0. The van der Waals surface area contributed by atoms with Gasteiger partial charge in [-0.05, 0) is 45.4 Å². The molecule has 1 aliphatic heterocycles. The maximum atomic E-state index is 5.95. The Balaban J connectivity index is 2.12. The summed E-state index contributed by atoms with van der Waals surface area (Å²) in [6.07, 6.45) is 5.64. The second kappa shape index (κ2) is 7.67. The highest BCUT2D eigenvalue weighted by Gasteiger charge is 2.24. The lowest BCUT2D eigenvalue weighted by molar-refractivity contribution is -0.103. The molecule has 2 nitrogen and oxygen atoms in total. The van der Waals surface area contributed by atoms with Crippen LogP contribution >= 0.6 is 15.9 Å². The predicted octanol–water partition coefficient (Wildman–Crippen LogP) is 3.77. The maximum Gasteiger partial charge on any atom is 0.0624 e. The molecule has 0 aromatic rings. The topological polar surface area (TPSA) is 18.5 Å². The van der Waals surface area contributed by atoms with Crippen molar-refractivity contribution in [3.05, 3.63) is 0 Å². The third-order valence-corrected chi connectivity index (χ3v) is 3.68. The Morgan fingerprint density at radius 1 is 1.25 bits per heavy atom. The predicted molar refractivity (Wildman–Crippen MR) is 71.2 cm³/mol. The van der Waals surface area contributed by atoms with Crippen molar-refractivity contribution in [2.75, 3.05) is 11.9 Å². The molecule has 0 aliphatic carbocycles. The van der Waals surface area contributed by atoms with E-state index < -0.39 is 0 Å². The quantitative estimate of drug-likeness (QED) is 0.694. The molecule has 0 bridgehead atoms. The second-order valence-electron chi connectivity index (χ2n) is 5.09. The van der Waals surface area contributed by atoms with Crippen LogP contribution in [0.15, 0.2) is 0 Å². The Labute approximate surface area is 108 Å². The number of hydrogen-bond acceptors (Lipinski definition) is 2. The minimum atomic E-state index is 0.355. The van der Waals surface area contributed by atoms with Crippen LogP contribution in [0.25, 0.3) is 0 Å². The largest absolute Gasteiger partial charge is 0.378 e. The molecule has 0 aromatic carbocycles. The first-order valence-corrected chi connectivity index (χ1v) is 7.57. The van der Waals surface area contributed by atoms with Crippen LogP contribution in [0.5, 0.6) is 0 Å². The van der Waals surface area contributed by atoms with E-state index in [0.717, 1.165) is 30.7 Å². The zero-order valence-corrected chi connectivity index (χ0v) is 12.3. The first-order valence-electron chi connectivity index (χ1n) is 6.44. The van der Waals surface area contributed by atoms with Gasteiger partial charge >= 0.3 is 0 Å². The smallest absolute Gasteiger partial charge is 0.0624 e. The number of alkyl halides is 1. The van der Waals surface area contributed by atoms with E-state index in [2.05, 4.69) is 36.7 Å². The third-order valence-electron chi connectivity index (χ3n) is 3.22. The van der Waals surface area contributed by atoms with Gasteiger partial charge < -0.3 is 9.47 Å². The van der Waals surface area contributed by atoms with Crippen molar-refractivity contribution < 1.29 is 9.47 Å². The van der Waals surface area contributed by atoms with Gasteiger partial charge in [0.1, 0.15) is 0 Å². The van der Waals surface area contributed by atoms with E-state index in [1.807, 2.05) is 0 Å². The molecule has 1 rings (SSSR count). The number of ether oxygens (including phenoxy) is 2. The Kier molecular flexibility index (Phi) is 6.94. The molecule has 0 N–H and O–H groups in total. The molecule has 0 aromatic heterocycles. The van der Waals surface area contributed by atoms with Crippen molar-refractivity contribution in [1.82, 2.24) is 0 Å². The molecule has 3 atom stereocenters. The highest BCUT2D eigenvalue weighted by Crippen LogP contribution is 2.22. The summed E-state index contributed by atoms with van der Waals surface area (Å²) < 4.78 is 11.6. The fourth-order valence-electron chi connectivity index (χ4n) is 2.25. The van der Waals surface area contributed by atoms with Crippen LogP contribution in [-0.2, 0) is 9.47 Å². The number of rotatable bonds is 6. The van der Waals surface area contributed by atoms with E-state index in [4.69, 9.17) is 9.47 Å². The summed E-state index contributed by atoms with van der Waals surface area (Å²) in [6, 6.07) is 0. The first-order chi connectivity index (χ1) is 7.61. The third kappa shape index (κ3) is 5.65. The van der Waals surface area contributed by atoms with Gasteiger partial charge in [-0.3, -0.25) is 0 Å². The van der Waals surface area contributed by atoms with Gasteiger partial charge in [0.15, 0.2) is 0 Å². The van der Waals surface area contributed by atoms with E-state index in [9.17, 15) is 0 Å². The van der Waals surface area contributed by atoms with Gasteiger partial charge in [0.25, 0.3) is 0 Å². The van der Waals surface area contributed by atoms with Crippen molar-refractivity contribution in [3.63, 3.8) is 0 Å². The lowest BCUT2D eigenvalue weighted by Gasteiger charge is -2.32. The van der Waals surface area contributed by atoms with Crippen LogP contribution in [0.2, 0.25) is 0 Å². The highest BCUT2D eigenvalue weighted by molar-refractivity contribution is 9.09. The van der Waals surface area contributed by atoms with Crippen molar-refractivity contribution in [3.8, 4) is 0 Å². The van der Waals surface area contributed by atoms with Gasteiger partial charge in [-0.2, -0.15) is 0 Å². The van der Waals surface area contributed by atoms with Gasteiger partial charge in [0.05, 0.1) is 18.3 Å². The molecule has 0 saturated carbocycles. The van der Waals surface area contributed by atoms with Gasteiger partial charge in [-0.15, -0.1) is 0 Å². The standard InChI is InChI=1S/C13H25BrO2/c1-10(4-6-14)5-7-15-13-8-11(2)16-12(3)9-13/h10-13H,4-9H2,1-3H3. The minimum absolute atomic E-state index is 0.355. The van der Waals surface area contributed by atoms with E-state index in [0.29, 0.717) is 18.3 Å². The normalized spacial score (nSPS) is 32.6. The van der Waals surface area contributed by atoms with Crippen molar-refractivity contribution in [2.45, 2.75) is 64.8 Å². The molecule has 0 amide bonds. The van der Waals surface area contributed by atoms with Gasteiger partial charge in [0, 0.05) is 11.9 Å². The molecule has 3 unspecified atom stereocenters. The van der Waals surface area contributed by atoms with Crippen molar-refractivity contribution in [2.24, 2.45) is 5.92 Å². The summed E-state index contributed by atoms with van der Waals surface area (Å²) in [5.41, 5.74) is 0. The highest BCUT2D eigenvalue weighted by atomic mass is 79.9. The van der Waals surface area contributed by atoms with E-state index >= 15 is 0 Å². The number of halogens is 1. The molecule has 16 heavy (non-hydrogen) atoms. The van der Waals surface area contributed by atoms with Gasteiger partial charge in [-0.25, -0.2) is 0 Å². The molecule has 1 aliphatic rings. The average molecular weight is 293 g/mol. The minimum Gasteiger partial charge on any atom is -0.378 e. The molecule has 3 heteroatoms. The first kappa shape index (κ1) is 14.5. The van der Waals surface area contributed by atoms with Crippen LogP contribution in [0.1, 0.15) is 46.5 Å².